The molecule has 0 bridgehead atoms. The number of rotatable bonds is 5. The van der Waals surface area contributed by atoms with Gasteiger partial charge in [-0.3, -0.25) is 0 Å². The summed E-state index contributed by atoms with van der Waals surface area (Å²) >= 11 is 0. The van der Waals surface area contributed by atoms with E-state index in [2.05, 4.69) is 121 Å². The zero-order chi connectivity index (χ0) is 31.4. The minimum atomic E-state index is -2.11. The first-order chi connectivity index (χ1) is 18.7. The van der Waals surface area contributed by atoms with Crippen molar-refractivity contribution < 1.29 is 13.9 Å². The van der Waals surface area contributed by atoms with Gasteiger partial charge in [-0.2, -0.15) is 0 Å². The molecule has 1 aliphatic heterocycles. The molecule has 0 saturated heterocycles. The average Bonchev–Trinajstić information content (AvgIpc) is 2.80. The van der Waals surface area contributed by atoms with Gasteiger partial charge >= 0.3 is 8.60 Å². The zero-order valence-corrected chi connectivity index (χ0v) is 29.9. The van der Waals surface area contributed by atoms with Gasteiger partial charge in [0.2, 0.25) is 0 Å². The van der Waals surface area contributed by atoms with Crippen molar-refractivity contribution in [1.82, 2.24) is 0 Å². The van der Waals surface area contributed by atoms with Crippen LogP contribution in [0.15, 0.2) is 24.3 Å². The maximum absolute atomic E-state index is 11.0. The van der Waals surface area contributed by atoms with E-state index in [1.807, 2.05) is 0 Å². The van der Waals surface area contributed by atoms with Gasteiger partial charge in [0.15, 0.2) is 0 Å². The summed E-state index contributed by atoms with van der Waals surface area (Å²) in [6, 6.07) is 9.03. The molecule has 1 aliphatic rings. The highest BCUT2D eigenvalue weighted by atomic mass is 31.2. The number of unbranched alkanes of at least 4 members (excludes halogenated alkanes) is 5. The van der Waals surface area contributed by atoms with Crippen LogP contribution in [-0.4, -0.2) is 4.89 Å². The van der Waals surface area contributed by atoms with E-state index in [4.69, 9.17) is 9.05 Å². The van der Waals surface area contributed by atoms with E-state index >= 15 is 0 Å². The summed E-state index contributed by atoms with van der Waals surface area (Å²) in [5.41, 5.74) is 6.76. The van der Waals surface area contributed by atoms with Crippen molar-refractivity contribution in [2.75, 3.05) is 0 Å². The number of fused-ring (bicyclic) bond motifs is 2. The highest BCUT2D eigenvalue weighted by molar-refractivity contribution is 7.41. The predicted octanol–water partition coefficient (Wildman–Crippen LogP) is 11.8. The number of hydrogen-bond donors (Lipinski definition) is 1. The van der Waals surface area contributed by atoms with Crippen molar-refractivity contribution in [2.45, 2.75) is 164 Å². The van der Waals surface area contributed by atoms with Crippen LogP contribution in [0.4, 0.5) is 0 Å². The Kier molecular flexibility index (Phi) is 12.0. The maximum atomic E-state index is 11.0. The summed E-state index contributed by atoms with van der Waals surface area (Å²) in [6.07, 6.45) is 9.19. The van der Waals surface area contributed by atoms with Gasteiger partial charge in [-0.25, -0.2) is 0 Å². The molecule has 2 aromatic carbocycles. The third kappa shape index (κ3) is 10.00. The monoisotopic (exact) mass is 584 g/mol. The van der Waals surface area contributed by atoms with Crippen LogP contribution in [0.5, 0.6) is 11.5 Å². The van der Waals surface area contributed by atoms with Crippen LogP contribution in [0.3, 0.4) is 0 Å². The van der Waals surface area contributed by atoms with E-state index in [0.29, 0.717) is 6.42 Å². The minimum absolute atomic E-state index is 0.00447. The first-order valence-corrected chi connectivity index (χ1v) is 17.0. The Bertz CT molecular complexity index is 1050. The van der Waals surface area contributed by atoms with Crippen LogP contribution in [-0.2, 0) is 28.1 Å². The molecule has 1 N–H and O–H groups in total. The molecular formula is C37H61O3P. The first-order valence-electron chi connectivity index (χ1n) is 15.9. The van der Waals surface area contributed by atoms with Gasteiger partial charge < -0.3 is 13.9 Å². The van der Waals surface area contributed by atoms with Crippen LogP contribution in [0.25, 0.3) is 0 Å². The van der Waals surface area contributed by atoms with Crippen LogP contribution in [0.1, 0.15) is 169 Å². The summed E-state index contributed by atoms with van der Waals surface area (Å²) in [6.45, 7) is 31.2. The van der Waals surface area contributed by atoms with Crippen molar-refractivity contribution in [2.24, 2.45) is 0 Å². The van der Waals surface area contributed by atoms with Gasteiger partial charge in [0.25, 0.3) is 0 Å². The topological polar surface area (TPSA) is 38.7 Å². The molecule has 232 valence electrons. The average molecular weight is 585 g/mol. The SMILES string of the molecule is CC(C)(C)c1cc2c(c(C(C)(C)C)c1)OP(O)Oc1c(cc(C(C)(C)C)cc1C(C)(C)C)C2.CCCCCCCC. The van der Waals surface area contributed by atoms with E-state index in [0.717, 1.165) is 33.8 Å². The molecule has 0 amide bonds. The van der Waals surface area contributed by atoms with E-state index in [1.54, 1.807) is 0 Å². The molecule has 0 unspecified atom stereocenters. The Morgan fingerprint density at radius 2 is 0.902 bits per heavy atom. The molecule has 4 heteroatoms. The molecule has 0 aliphatic carbocycles. The van der Waals surface area contributed by atoms with E-state index < -0.39 is 8.60 Å². The maximum Gasteiger partial charge on any atom is 0.460 e. The summed E-state index contributed by atoms with van der Waals surface area (Å²) in [5.74, 6) is 1.54. The Hall–Kier alpha value is -1.57. The molecular weight excluding hydrogens is 523 g/mol. The standard InChI is InChI=1S/C29H43O3P.C8H18/c1-26(2,3)20-14-18-13-19-15-21(27(4,5)6)17-23(29(10,11)12)25(19)32-33(30)31-24(18)22(16-20)28(7,8)9;1-3-5-7-8-6-4-2/h14-17,30H,13H2,1-12H3;3-8H2,1-2H3. The van der Waals surface area contributed by atoms with Crippen molar-refractivity contribution in [1.29, 1.82) is 0 Å². The van der Waals surface area contributed by atoms with Gasteiger partial charge in [0.1, 0.15) is 11.5 Å². The third-order valence-electron chi connectivity index (χ3n) is 7.86. The second-order valence-electron chi connectivity index (χ2n) is 16.0. The van der Waals surface area contributed by atoms with Gasteiger partial charge in [-0.1, -0.05) is 160 Å². The molecule has 0 spiro atoms. The molecule has 0 fully saturated rings. The van der Waals surface area contributed by atoms with Gasteiger partial charge in [-0.15, -0.1) is 0 Å². The van der Waals surface area contributed by atoms with E-state index in [-0.39, 0.29) is 21.7 Å². The van der Waals surface area contributed by atoms with Gasteiger partial charge in [0, 0.05) is 17.5 Å². The Labute approximate surface area is 254 Å². The smallest absolute Gasteiger partial charge is 0.417 e. The molecule has 0 radical (unpaired) electrons. The largest absolute Gasteiger partial charge is 0.460 e. The molecule has 3 rings (SSSR count). The van der Waals surface area contributed by atoms with Gasteiger partial charge in [0.05, 0.1) is 0 Å². The molecule has 1 heterocycles. The normalized spacial score (nSPS) is 14.5. The van der Waals surface area contributed by atoms with Crippen molar-refractivity contribution in [3.8, 4) is 11.5 Å². The quantitative estimate of drug-likeness (QED) is 0.281. The molecule has 3 nitrogen and oxygen atoms in total. The number of hydrogen-bond acceptors (Lipinski definition) is 3. The Morgan fingerprint density at radius 3 is 1.17 bits per heavy atom. The van der Waals surface area contributed by atoms with Crippen LogP contribution >= 0.6 is 8.60 Å². The van der Waals surface area contributed by atoms with Crippen LogP contribution < -0.4 is 9.05 Å². The fourth-order valence-corrected chi connectivity index (χ4v) is 5.85. The highest BCUT2D eigenvalue weighted by Crippen LogP contribution is 2.51. The fraction of sp³-hybridized carbons (Fsp3) is 0.676. The second kappa shape index (κ2) is 13.8. The van der Waals surface area contributed by atoms with E-state index in [1.165, 1.54) is 49.7 Å². The van der Waals surface area contributed by atoms with Crippen LogP contribution in [0, 0.1) is 0 Å². The molecule has 2 aromatic rings. The lowest BCUT2D eigenvalue weighted by atomic mass is 9.76. The summed E-state index contributed by atoms with van der Waals surface area (Å²) < 4.78 is 12.4. The lowest BCUT2D eigenvalue weighted by Crippen LogP contribution is -2.22. The Balaban J connectivity index is 0.000000642. The molecule has 0 atom stereocenters. The fourth-order valence-electron chi connectivity index (χ4n) is 5.07. The summed E-state index contributed by atoms with van der Waals surface area (Å²) in [5, 5.41) is 0. The minimum Gasteiger partial charge on any atom is -0.417 e. The summed E-state index contributed by atoms with van der Waals surface area (Å²) in [4.78, 5) is 11.0. The van der Waals surface area contributed by atoms with Crippen LogP contribution in [0.2, 0.25) is 0 Å². The van der Waals surface area contributed by atoms with E-state index in [9.17, 15) is 4.89 Å². The van der Waals surface area contributed by atoms with Gasteiger partial charge in [-0.05, 0) is 43.9 Å². The molecule has 0 saturated carbocycles. The van der Waals surface area contributed by atoms with Crippen molar-refractivity contribution in [3.63, 3.8) is 0 Å². The summed E-state index contributed by atoms with van der Waals surface area (Å²) in [7, 11) is -2.11. The highest BCUT2D eigenvalue weighted by Gasteiger charge is 2.33. The Morgan fingerprint density at radius 1 is 0.561 bits per heavy atom. The first kappa shape index (κ1) is 35.6. The van der Waals surface area contributed by atoms with Crippen molar-refractivity contribution in [3.05, 3.63) is 57.6 Å². The zero-order valence-electron chi connectivity index (χ0n) is 29.0. The van der Waals surface area contributed by atoms with Crippen molar-refractivity contribution >= 4 is 8.60 Å². The molecule has 41 heavy (non-hydrogen) atoms. The second-order valence-corrected chi connectivity index (χ2v) is 16.9. The third-order valence-corrected chi connectivity index (χ3v) is 8.53. The lowest BCUT2D eigenvalue weighted by molar-refractivity contribution is 0.363. The lowest BCUT2D eigenvalue weighted by Gasteiger charge is -2.33. The number of benzene rings is 2. The predicted molar refractivity (Wildman–Crippen MR) is 180 cm³/mol. The molecule has 0 aromatic heterocycles.